The zero-order valence-corrected chi connectivity index (χ0v) is 17.4. The van der Waals surface area contributed by atoms with Crippen molar-refractivity contribution in [2.24, 2.45) is 0 Å². The summed E-state index contributed by atoms with van der Waals surface area (Å²) < 4.78 is 16.4. The molecule has 0 aliphatic rings. The fourth-order valence-corrected chi connectivity index (χ4v) is 2.74. The van der Waals surface area contributed by atoms with Crippen LogP contribution in [0.3, 0.4) is 0 Å². The molecule has 9 heteroatoms. The number of rotatable bonds is 6. The smallest absolute Gasteiger partial charge is 0.870 e. The van der Waals surface area contributed by atoms with Crippen LogP contribution in [0.5, 0.6) is 57.5 Å². The third kappa shape index (κ3) is 5.55. The van der Waals surface area contributed by atoms with Gasteiger partial charge in [-0.2, -0.15) is 0 Å². The molecule has 0 aliphatic heterocycles. The quantitative estimate of drug-likeness (QED) is 0.430. The van der Waals surface area contributed by atoms with E-state index in [-0.39, 0.29) is 66.2 Å². The third-order valence-corrected chi connectivity index (χ3v) is 4.24. The van der Waals surface area contributed by atoms with Crippen molar-refractivity contribution >= 4 is 20.2 Å². The van der Waals surface area contributed by atoms with Crippen LogP contribution in [-0.4, -0.2) is 20.2 Å². The molecule has 7 nitrogen and oxygen atoms in total. The van der Waals surface area contributed by atoms with Gasteiger partial charge in [0.2, 0.25) is 0 Å². The molecule has 0 spiro atoms. The number of hydrogen-bond donors (Lipinski definition) is 0. The van der Waals surface area contributed by atoms with Gasteiger partial charge in [-0.05, 0) is 47.9 Å². The Bertz CT molecular complexity index is 1140. The van der Waals surface area contributed by atoms with E-state index in [4.69, 9.17) is 14.2 Å². The number of hydrogen-bond acceptors (Lipinski definition) is 7. The minimum absolute atomic E-state index is 0. The molecule has 0 unspecified atom stereocenters. The van der Waals surface area contributed by atoms with Crippen molar-refractivity contribution in [3.63, 3.8) is 0 Å². The number of ether oxygens (including phenoxy) is 3. The molecule has 0 heterocycles. The molecule has 156 valence electrons. The summed E-state index contributed by atoms with van der Waals surface area (Å²) in [4.78, 5) is 0. The third-order valence-electron chi connectivity index (χ3n) is 4.24. The summed E-state index contributed by atoms with van der Waals surface area (Å²) in [5, 5.41) is 49.1. The zero-order valence-electron chi connectivity index (χ0n) is 17.4. The van der Waals surface area contributed by atoms with Crippen LogP contribution in [0, 0.1) is 0 Å². The first-order valence-corrected chi connectivity index (χ1v) is 9.18. The molecule has 0 saturated carbocycles. The Balaban J connectivity index is 0.00000193. The average Bonchev–Trinajstić information content (AvgIpc) is 2.76. The molecule has 4 aromatic carbocycles. The molecule has 0 aromatic heterocycles. The average molecular weight is 432 g/mol. The minimum Gasteiger partial charge on any atom is -0.870 e. The molecular weight excluding hydrogens is 418 g/mol. The summed E-state index contributed by atoms with van der Waals surface area (Å²) in [5.41, 5.74) is 0. The molecule has 0 N–H and O–H groups in total. The molecule has 0 amide bonds. The Morgan fingerprint density at radius 2 is 0.636 bits per heavy atom. The van der Waals surface area contributed by atoms with Crippen LogP contribution in [0.4, 0.5) is 0 Å². The first-order chi connectivity index (χ1) is 15.0. The van der Waals surface area contributed by atoms with Gasteiger partial charge in [0.1, 0.15) is 34.5 Å². The molecule has 0 fully saturated rings. The van der Waals surface area contributed by atoms with E-state index < -0.39 is 11.5 Å². The molecule has 0 bridgehead atoms. The second-order valence-electron chi connectivity index (χ2n) is 6.37. The Kier molecular flexibility index (Phi) is 8.29. The molecule has 0 aliphatic carbocycles. The van der Waals surface area contributed by atoms with Gasteiger partial charge >= 0.3 is 20.2 Å². The second kappa shape index (κ2) is 10.9. The fraction of sp³-hybridized carbons (Fsp3) is 0. The predicted molar refractivity (Wildman–Crippen MR) is 115 cm³/mol. The van der Waals surface area contributed by atoms with Crippen molar-refractivity contribution in [1.29, 1.82) is 0 Å². The second-order valence-corrected chi connectivity index (χ2v) is 6.37. The maximum Gasteiger partial charge on any atom is 2.00 e. The summed E-state index contributed by atoms with van der Waals surface area (Å²) >= 11 is 0. The molecule has 0 atom stereocenters. The van der Waals surface area contributed by atoms with Crippen LogP contribution in [-0.2, 0) is 0 Å². The molecular formula is C24H14Be2O7. The van der Waals surface area contributed by atoms with Gasteiger partial charge in [0.05, 0.1) is 0 Å². The van der Waals surface area contributed by atoms with E-state index >= 15 is 0 Å². The van der Waals surface area contributed by atoms with Gasteiger partial charge in [-0.15, -0.1) is 0 Å². The maximum atomic E-state index is 12.7. The van der Waals surface area contributed by atoms with E-state index in [0.29, 0.717) is 0 Å². The van der Waals surface area contributed by atoms with E-state index in [9.17, 15) is 20.4 Å². The zero-order chi connectivity index (χ0) is 21.8. The Labute approximate surface area is 197 Å². The minimum atomic E-state index is -0.638. The summed E-state index contributed by atoms with van der Waals surface area (Å²) in [5.74, 6) is -2.62. The van der Waals surface area contributed by atoms with Gasteiger partial charge in [-0.3, -0.25) is 0 Å². The van der Waals surface area contributed by atoms with Gasteiger partial charge in [0.25, 0.3) is 0 Å². The molecule has 33 heavy (non-hydrogen) atoms. The monoisotopic (exact) mass is 432 g/mol. The van der Waals surface area contributed by atoms with Crippen LogP contribution in [0.1, 0.15) is 0 Å². The summed E-state index contributed by atoms with van der Waals surface area (Å²) in [7, 11) is 0. The van der Waals surface area contributed by atoms with Crippen LogP contribution in [0.25, 0.3) is 0 Å². The van der Waals surface area contributed by atoms with Crippen molar-refractivity contribution in [1.82, 2.24) is 0 Å². The van der Waals surface area contributed by atoms with Crippen LogP contribution < -0.4 is 34.6 Å². The van der Waals surface area contributed by atoms with E-state index in [2.05, 4.69) is 0 Å². The van der Waals surface area contributed by atoms with Gasteiger partial charge in [-0.1, -0.05) is 60.0 Å². The van der Waals surface area contributed by atoms with Crippen LogP contribution in [0.2, 0.25) is 0 Å². The predicted octanol–water partition coefficient (Wildman–Crippen LogP) is 2.60. The molecule has 4 aromatic rings. The van der Waals surface area contributed by atoms with E-state index in [0.717, 1.165) is 0 Å². The van der Waals surface area contributed by atoms with Crippen molar-refractivity contribution in [3.8, 4) is 57.5 Å². The number of para-hydroxylation sites is 6. The summed E-state index contributed by atoms with van der Waals surface area (Å²) in [6.07, 6.45) is 0. The fourth-order valence-electron chi connectivity index (χ4n) is 2.74. The van der Waals surface area contributed by atoms with E-state index in [1.165, 1.54) is 60.7 Å². The van der Waals surface area contributed by atoms with Crippen LogP contribution in [0.15, 0.2) is 84.9 Å². The van der Waals surface area contributed by atoms with Gasteiger partial charge in [-0.25, -0.2) is 0 Å². The number of benzene rings is 4. The Hall–Kier alpha value is -4.18. The van der Waals surface area contributed by atoms with E-state index in [1.807, 2.05) is 0 Å². The van der Waals surface area contributed by atoms with Crippen LogP contribution >= 0.6 is 0 Å². The van der Waals surface area contributed by atoms with Crippen molar-refractivity contribution in [3.05, 3.63) is 84.9 Å². The SMILES string of the molecule is [Be+2].[Be+2].[O-]c1ccccc1Oc1cccc(Oc2cccc(Oc3ccccc3[O-])c2[O-])c1[O-]. The molecule has 0 saturated heterocycles. The van der Waals surface area contributed by atoms with Crippen molar-refractivity contribution < 1.29 is 34.6 Å². The van der Waals surface area contributed by atoms with Crippen molar-refractivity contribution in [2.75, 3.05) is 0 Å². The molecule has 4 rings (SSSR count). The van der Waals surface area contributed by atoms with Gasteiger partial charge in [0, 0.05) is 0 Å². The molecule has 0 radical (unpaired) electrons. The first kappa shape index (κ1) is 25.1. The summed E-state index contributed by atoms with van der Waals surface area (Å²) in [6.45, 7) is 0. The maximum absolute atomic E-state index is 12.7. The van der Waals surface area contributed by atoms with Crippen molar-refractivity contribution in [2.45, 2.75) is 0 Å². The largest absolute Gasteiger partial charge is 2.00 e. The summed E-state index contributed by atoms with van der Waals surface area (Å²) in [6, 6.07) is 20.4. The normalized spacial score (nSPS) is 9.82. The van der Waals surface area contributed by atoms with E-state index in [1.54, 1.807) is 24.3 Å². The Morgan fingerprint density at radius 1 is 0.364 bits per heavy atom. The topological polar surface area (TPSA) is 120 Å². The Morgan fingerprint density at radius 3 is 0.970 bits per heavy atom. The first-order valence-electron chi connectivity index (χ1n) is 9.18. The van der Waals surface area contributed by atoms with Gasteiger partial charge in [0.15, 0.2) is 0 Å². The standard InChI is InChI=1S/C24H18O7.2Be/c25-15-7-1-3-9-17(15)29-19-11-5-13-21(23(19)27)31-22-14-6-12-20(24(22)28)30-18-10-4-2-8-16(18)26;;/h1-14,25-28H;;/q;2*+2/p-4. The van der Waals surface area contributed by atoms with Gasteiger partial charge < -0.3 is 34.6 Å².